The Bertz CT molecular complexity index is 997. The van der Waals surface area contributed by atoms with Crippen molar-refractivity contribution in [1.82, 2.24) is 4.90 Å². The van der Waals surface area contributed by atoms with Crippen LogP contribution in [0, 0.1) is 12.8 Å². The molecule has 30 heavy (non-hydrogen) atoms. The molecule has 0 saturated carbocycles. The zero-order valence-electron chi connectivity index (χ0n) is 16.7. The third-order valence-electron chi connectivity index (χ3n) is 5.43. The second-order valence-electron chi connectivity index (χ2n) is 7.50. The normalized spacial score (nSPS) is 16.1. The van der Waals surface area contributed by atoms with E-state index in [0.717, 1.165) is 11.1 Å². The van der Waals surface area contributed by atoms with Crippen LogP contribution in [0.2, 0.25) is 5.02 Å². The van der Waals surface area contributed by atoms with E-state index in [2.05, 4.69) is 5.32 Å². The summed E-state index contributed by atoms with van der Waals surface area (Å²) >= 11 is 6.13. The van der Waals surface area contributed by atoms with Gasteiger partial charge in [0.2, 0.25) is 18.6 Å². The van der Waals surface area contributed by atoms with Crippen molar-refractivity contribution in [2.45, 2.75) is 19.8 Å². The number of fused-ring (bicyclic) bond motifs is 1. The van der Waals surface area contributed by atoms with E-state index in [9.17, 15) is 9.59 Å². The first-order valence-electron chi connectivity index (χ1n) is 9.93. The number of halogens is 1. The molecular weight excluding hydrogens is 404 g/mol. The van der Waals surface area contributed by atoms with Gasteiger partial charge in [-0.05, 0) is 55.2 Å². The molecule has 0 aliphatic carbocycles. The van der Waals surface area contributed by atoms with E-state index < -0.39 is 0 Å². The van der Waals surface area contributed by atoms with Crippen molar-refractivity contribution in [3.05, 3.63) is 58.6 Å². The fourth-order valence-electron chi connectivity index (χ4n) is 3.57. The van der Waals surface area contributed by atoms with Gasteiger partial charge < -0.3 is 19.7 Å². The minimum atomic E-state index is -0.126. The second-order valence-corrected chi connectivity index (χ2v) is 7.91. The summed E-state index contributed by atoms with van der Waals surface area (Å²) in [6.07, 6.45) is 4.60. The van der Waals surface area contributed by atoms with Crippen LogP contribution in [0.5, 0.6) is 11.5 Å². The van der Waals surface area contributed by atoms with E-state index >= 15 is 0 Å². The number of aryl methyl sites for hydroxylation is 1. The van der Waals surface area contributed by atoms with Crippen molar-refractivity contribution in [2.75, 3.05) is 25.2 Å². The first-order valence-corrected chi connectivity index (χ1v) is 10.3. The molecule has 1 fully saturated rings. The first kappa shape index (κ1) is 20.3. The largest absolute Gasteiger partial charge is 0.454 e. The number of anilines is 1. The maximum absolute atomic E-state index is 12.6. The molecule has 2 heterocycles. The number of amides is 2. The Morgan fingerprint density at radius 2 is 1.87 bits per heavy atom. The minimum absolute atomic E-state index is 0.0363. The second kappa shape index (κ2) is 8.79. The molecule has 0 radical (unpaired) electrons. The van der Waals surface area contributed by atoms with Gasteiger partial charge in [0.25, 0.3) is 0 Å². The lowest BCUT2D eigenvalue weighted by atomic mass is 9.95. The van der Waals surface area contributed by atoms with Crippen LogP contribution in [0.15, 0.2) is 42.5 Å². The van der Waals surface area contributed by atoms with Crippen molar-refractivity contribution >= 4 is 35.2 Å². The smallest absolute Gasteiger partial charge is 0.246 e. The molecule has 1 N–H and O–H groups in total. The van der Waals surface area contributed by atoms with Crippen LogP contribution in [-0.2, 0) is 9.59 Å². The Balaban J connectivity index is 1.28. The Labute approximate surface area is 180 Å². The van der Waals surface area contributed by atoms with Crippen LogP contribution in [-0.4, -0.2) is 36.6 Å². The number of ether oxygens (including phenoxy) is 2. The molecule has 0 spiro atoms. The zero-order valence-corrected chi connectivity index (χ0v) is 17.4. The van der Waals surface area contributed by atoms with Crippen LogP contribution in [0.25, 0.3) is 6.08 Å². The highest BCUT2D eigenvalue weighted by atomic mass is 35.5. The number of nitrogens with zero attached hydrogens (tertiary/aromatic N) is 1. The van der Waals surface area contributed by atoms with Gasteiger partial charge in [-0.25, -0.2) is 0 Å². The summed E-state index contributed by atoms with van der Waals surface area (Å²) < 4.78 is 10.6. The number of nitrogens with one attached hydrogen (secondary N) is 1. The summed E-state index contributed by atoms with van der Waals surface area (Å²) in [4.78, 5) is 26.9. The number of carbonyl (C=O) groups is 2. The molecule has 6 nitrogen and oxygen atoms in total. The Hall–Kier alpha value is -2.99. The molecule has 0 atom stereocenters. The molecule has 0 bridgehead atoms. The van der Waals surface area contributed by atoms with Crippen LogP contribution in [0.4, 0.5) is 5.69 Å². The number of likely N-dealkylation sites (tertiary alicyclic amines) is 1. The molecule has 156 valence electrons. The van der Waals surface area contributed by atoms with Crippen molar-refractivity contribution in [2.24, 2.45) is 5.92 Å². The van der Waals surface area contributed by atoms with Gasteiger partial charge in [-0.1, -0.05) is 23.7 Å². The van der Waals surface area contributed by atoms with E-state index in [1.54, 1.807) is 35.3 Å². The monoisotopic (exact) mass is 426 g/mol. The molecule has 2 aromatic carbocycles. The van der Waals surface area contributed by atoms with Gasteiger partial charge in [0.1, 0.15) is 0 Å². The number of piperidine rings is 1. The van der Waals surface area contributed by atoms with Gasteiger partial charge in [-0.15, -0.1) is 0 Å². The summed E-state index contributed by atoms with van der Waals surface area (Å²) in [6, 6.07) is 11.0. The molecule has 0 aromatic heterocycles. The molecule has 1 saturated heterocycles. The lowest BCUT2D eigenvalue weighted by Gasteiger charge is -2.30. The average Bonchev–Trinajstić information content (AvgIpc) is 3.22. The van der Waals surface area contributed by atoms with Gasteiger partial charge in [-0.2, -0.15) is 0 Å². The molecule has 7 heteroatoms. The topological polar surface area (TPSA) is 67.9 Å². The summed E-state index contributed by atoms with van der Waals surface area (Å²) in [5, 5.41) is 3.62. The van der Waals surface area contributed by atoms with E-state index in [4.69, 9.17) is 21.1 Å². The summed E-state index contributed by atoms with van der Waals surface area (Å²) in [6.45, 7) is 3.24. The van der Waals surface area contributed by atoms with E-state index in [1.165, 1.54) is 0 Å². The average molecular weight is 427 g/mol. The molecule has 2 aliphatic rings. The van der Waals surface area contributed by atoms with Gasteiger partial charge in [-0.3, -0.25) is 9.59 Å². The molecule has 2 aromatic rings. The van der Waals surface area contributed by atoms with Crippen LogP contribution in [0.3, 0.4) is 0 Å². The van der Waals surface area contributed by atoms with Gasteiger partial charge >= 0.3 is 0 Å². The first-order chi connectivity index (χ1) is 14.5. The highest BCUT2D eigenvalue weighted by Crippen LogP contribution is 2.34. The Morgan fingerprint density at radius 3 is 2.63 bits per heavy atom. The third kappa shape index (κ3) is 4.60. The molecule has 2 aliphatic heterocycles. The fourth-order valence-corrected chi connectivity index (χ4v) is 3.76. The predicted octanol–water partition coefficient (Wildman–Crippen LogP) is 4.27. The zero-order chi connectivity index (χ0) is 21.1. The van der Waals surface area contributed by atoms with Crippen molar-refractivity contribution in [1.29, 1.82) is 0 Å². The maximum atomic E-state index is 12.6. The highest BCUT2D eigenvalue weighted by molar-refractivity contribution is 6.31. The predicted molar refractivity (Wildman–Crippen MR) is 116 cm³/mol. The standard InChI is InChI=1S/C23H23ClN2O4/c1-15-2-3-16(12-19(15)24)4-7-22(27)26-10-8-17(9-11-26)23(28)25-18-5-6-20-21(13-18)30-14-29-20/h2-7,12-13,17H,8-11,14H2,1H3,(H,25,28)/b7-4+. The van der Waals surface area contributed by atoms with Gasteiger partial charge in [0.05, 0.1) is 0 Å². The lowest BCUT2D eigenvalue weighted by Crippen LogP contribution is -2.40. The van der Waals surface area contributed by atoms with Gasteiger partial charge in [0.15, 0.2) is 11.5 Å². The van der Waals surface area contributed by atoms with Crippen LogP contribution < -0.4 is 14.8 Å². The van der Waals surface area contributed by atoms with E-state index in [0.29, 0.717) is 48.1 Å². The van der Waals surface area contributed by atoms with Crippen molar-refractivity contribution < 1.29 is 19.1 Å². The Kier molecular flexibility index (Phi) is 5.95. The number of carbonyl (C=O) groups excluding carboxylic acids is 2. The SMILES string of the molecule is Cc1ccc(/C=C/C(=O)N2CCC(C(=O)Nc3ccc4c(c3)OCO4)CC2)cc1Cl. The quantitative estimate of drug-likeness (QED) is 0.741. The number of benzene rings is 2. The lowest BCUT2D eigenvalue weighted by molar-refractivity contribution is -0.130. The summed E-state index contributed by atoms with van der Waals surface area (Å²) in [7, 11) is 0. The van der Waals surface area contributed by atoms with E-state index in [1.807, 2.05) is 25.1 Å². The molecular formula is C23H23ClN2O4. The Morgan fingerprint density at radius 1 is 1.10 bits per heavy atom. The molecule has 2 amide bonds. The minimum Gasteiger partial charge on any atom is -0.454 e. The fraction of sp³-hybridized carbons (Fsp3) is 0.304. The molecule has 4 rings (SSSR count). The van der Waals surface area contributed by atoms with Crippen LogP contribution >= 0.6 is 11.6 Å². The highest BCUT2D eigenvalue weighted by Gasteiger charge is 2.27. The van der Waals surface area contributed by atoms with Gasteiger partial charge in [0, 0.05) is 41.9 Å². The van der Waals surface area contributed by atoms with Crippen LogP contribution in [0.1, 0.15) is 24.0 Å². The van der Waals surface area contributed by atoms with Crippen molar-refractivity contribution in [3.8, 4) is 11.5 Å². The summed E-state index contributed by atoms with van der Waals surface area (Å²) in [5.74, 6) is 1.10. The number of hydrogen-bond donors (Lipinski definition) is 1. The molecule has 0 unspecified atom stereocenters. The number of rotatable bonds is 4. The van der Waals surface area contributed by atoms with Crippen molar-refractivity contribution in [3.63, 3.8) is 0 Å². The summed E-state index contributed by atoms with van der Waals surface area (Å²) in [5.41, 5.74) is 2.57. The third-order valence-corrected chi connectivity index (χ3v) is 5.84. The van der Waals surface area contributed by atoms with E-state index in [-0.39, 0.29) is 24.5 Å². The number of hydrogen-bond acceptors (Lipinski definition) is 4. The maximum Gasteiger partial charge on any atom is 0.246 e.